The molecule has 2 aromatic rings. The van der Waals surface area contributed by atoms with Gasteiger partial charge in [-0.1, -0.05) is 41.9 Å². The molecule has 6 heteroatoms. The van der Waals surface area contributed by atoms with Crippen LogP contribution in [0.5, 0.6) is 0 Å². The molecule has 0 aliphatic rings. The summed E-state index contributed by atoms with van der Waals surface area (Å²) in [5.41, 5.74) is 0.961. The van der Waals surface area contributed by atoms with Crippen LogP contribution < -0.4 is 10.6 Å². The molecule has 4 nitrogen and oxygen atoms in total. The molecule has 2 amide bonds. The molecule has 0 saturated heterocycles. The smallest absolute Gasteiger partial charge is 0.244 e. The van der Waals surface area contributed by atoms with E-state index < -0.39 is 11.7 Å². The van der Waals surface area contributed by atoms with Gasteiger partial charge in [-0.3, -0.25) is 9.59 Å². The summed E-state index contributed by atoms with van der Waals surface area (Å²) in [6.07, 6.45) is 3.11. The molecule has 24 heavy (non-hydrogen) atoms. The number of carbonyl (C=O) groups is 2. The van der Waals surface area contributed by atoms with Crippen LogP contribution >= 0.6 is 11.6 Å². The number of amides is 2. The molecule has 0 unspecified atom stereocenters. The van der Waals surface area contributed by atoms with Crippen LogP contribution in [0.25, 0.3) is 6.08 Å². The van der Waals surface area contributed by atoms with E-state index in [1.165, 1.54) is 18.2 Å². The number of rotatable bonds is 6. The van der Waals surface area contributed by atoms with E-state index in [9.17, 15) is 14.0 Å². The van der Waals surface area contributed by atoms with Gasteiger partial charge >= 0.3 is 0 Å². The van der Waals surface area contributed by atoms with Crippen LogP contribution in [-0.4, -0.2) is 18.4 Å². The molecule has 0 aliphatic heterocycles. The van der Waals surface area contributed by atoms with Crippen molar-refractivity contribution in [3.8, 4) is 0 Å². The molecule has 124 valence electrons. The van der Waals surface area contributed by atoms with Crippen molar-refractivity contribution in [2.75, 3.05) is 11.9 Å². The Morgan fingerprint density at radius 2 is 1.88 bits per heavy atom. The Bertz CT molecular complexity index is 748. The summed E-state index contributed by atoms with van der Waals surface area (Å²) in [6, 6.07) is 13.4. The number of hydrogen-bond acceptors (Lipinski definition) is 2. The highest BCUT2D eigenvalue weighted by atomic mass is 35.5. The summed E-state index contributed by atoms with van der Waals surface area (Å²) < 4.78 is 13.5. The van der Waals surface area contributed by atoms with E-state index in [1.54, 1.807) is 6.08 Å². The third-order valence-corrected chi connectivity index (χ3v) is 3.32. The molecule has 0 bridgehead atoms. The number of carbonyl (C=O) groups excluding carboxylic acids is 2. The summed E-state index contributed by atoms with van der Waals surface area (Å²) in [5, 5.41) is 5.27. The van der Waals surface area contributed by atoms with E-state index in [0.717, 1.165) is 11.6 Å². The second-order valence-electron chi connectivity index (χ2n) is 4.96. The minimum Gasteiger partial charge on any atom is -0.352 e. The molecule has 2 N–H and O–H groups in total. The van der Waals surface area contributed by atoms with Crippen molar-refractivity contribution in [3.05, 3.63) is 71.0 Å². The first-order valence-corrected chi connectivity index (χ1v) is 7.68. The lowest BCUT2D eigenvalue weighted by Gasteiger charge is -2.07. The fourth-order valence-electron chi connectivity index (χ4n) is 1.90. The van der Waals surface area contributed by atoms with Crippen LogP contribution in [0.4, 0.5) is 10.1 Å². The van der Waals surface area contributed by atoms with Crippen molar-refractivity contribution < 1.29 is 14.0 Å². The molecule has 0 fully saturated rings. The van der Waals surface area contributed by atoms with E-state index in [2.05, 4.69) is 10.6 Å². The van der Waals surface area contributed by atoms with Gasteiger partial charge in [0.1, 0.15) is 5.82 Å². The van der Waals surface area contributed by atoms with Crippen LogP contribution in [0.15, 0.2) is 54.6 Å². The Morgan fingerprint density at radius 3 is 2.58 bits per heavy atom. The van der Waals surface area contributed by atoms with Crippen molar-refractivity contribution >= 4 is 35.2 Å². The minimum atomic E-state index is -0.606. The van der Waals surface area contributed by atoms with Crippen molar-refractivity contribution in [1.82, 2.24) is 5.32 Å². The zero-order valence-corrected chi connectivity index (χ0v) is 13.5. The van der Waals surface area contributed by atoms with E-state index in [-0.39, 0.29) is 29.6 Å². The first-order valence-electron chi connectivity index (χ1n) is 7.30. The average Bonchev–Trinajstić information content (AvgIpc) is 2.56. The largest absolute Gasteiger partial charge is 0.352 e. The lowest BCUT2D eigenvalue weighted by molar-refractivity contribution is -0.117. The van der Waals surface area contributed by atoms with Gasteiger partial charge in [0, 0.05) is 24.1 Å². The number of nitrogens with one attached hydrogen (secondary N) is 2. The molecule has 0 radical (unpaired) electrons. The average molecular weight is 347 g/mol. The predicted octanol–water partition coefficient (Wildman–Crippen LogP) is 3.64. The Morgan fingerprint density at radius 1 is 1.12 bits per heavy atom. The number of anilines is 1. The first kappa shape index (κ1) is 17.7. The standard InChI is InChI=1S/C18H16ClFN2O2/c19-14-7-8-16(15(20)12-14)22-18(24)10-11-21-17(23)9-6-13-4-2-1-3-5-13/h1-9,12H,10-11H2,(H,21,23)(H,22,24)/b9-6+. The van der Waals surface area contributed by atoms with Crippen molar-refractivity contribution in [3.63, 3.8) is 0 Å². The summed E-state index contributed by atoms with van der Waals surface area (Å²) >= 11 is 5.64. The third-order valence-electron chi connectivity index (χ3n) is 3.08. The van der Waals surface area contributed by atoms with Crippen LogP contribution in [0.3, 0.4) is 0 Å². The highest BCUT2D eigenvalue weighted by molar-refractivity contribution is 6.30. The molecule has 0 saturated carbocycles. The Hall–Kier alpha value is -2.66. The molecule has 0 atom stereocenters. The fourth-order valence-corrected chi connectivity index (χ4v) is 2.06. The van der Waals surface area contributed by atoms with Crippen molar-refractivity contribution in [2.45, 2.75) is 6.42 Å². The van der Waals surface area contributed by atoms with E-state index >= 15 is 0 Å². The van der Waals surface area contributed by atoms with Crippen LogP contribution in [0, 0.1) is 5.82 Å². The van der Waals surface area contributed by atoms with Gasteiger partial charge in [0.25, 0.3) is 0 Å². The number of hydrogen-bond donors (Lipinski definition) is 2. The molecule has 2 aromatic carbocycles. The van der Waals surface area contributed by atoms with Gasteiger partial charge < -0.3 is 10.6 Å². The molecule has 0 heterocycles. The highest BCUT2D eigenvalue weighted by Gasteiger charge is 2.07. The van der Waals surface area contributed by atoms with Crippen molar-refractivity contribution in [1.29, 1.82) is 0 Å². The fraction of sp³-hybridized carbons (Fsp3) is 0.111. The maximum Gasteiger partial charge on any atom is 0.244 e. The Balaban J connectivity index is 1.74. The summed E-state index contributed by atoms with van der Waals surface area (Å²) in [4.78, 5) is 23.4. The lowest BCUT2D eigenvalue weighted by Crippen LogP contribution is -2.26. The van der Waals surface area contributed by atoms with E-state index in [4.69, 9.17) is 11.6 Å². The summed E-state index contributed by atoms with van der Waals surface area (Å²) in [5.74, 6) is -1.31. The second-order valence-corrected chi connectivity index (χ2v) is 5.39. The van der Waals surface area contributed by atoms with Gasteiger partial charge in [0.15, 0.2) is 0 Å². The number of benzene rings is 2. The zero-order chi connectivity index (χ0) is 17.4. The van der Waals surface area contributed by atoms with Crippen LogP contribution in [-0.2, 0) is 9.59 Å². The van der Waals surface area contributed by atoms with Crippen LogP contribution in [0.1, 0.15) is 12.0 Å². The summed E-state index contributed by atoms with van der Waals surface area (Å²) in [6.45, 7) is 0.152. The highest BCUT2D eigenvalue weighted by Crippen LogP contribution is 2.18. The van der Waals surface area contributed by atoms with Crippen molar-refractivity contribution in [2.24, 2.45) is 0 Å². The molecule has 0 aromatic heterocycles. The third kappa shape index (κ3) is 5.85. The maximum atomic E-state index is 13.5. The normalized spacial score (nSPS) is 10.6. The van der Waals surface area contributed by atoms with Gasteiger partial charge in [0.2, 0.25) is 11.8 Å². The topological polar surface area (TPSA) is 58.2 Å². The Kier molecular flexibility index (Phi) is 6.51. The quantitative estimate of drug-likeness (QED) is 0.785. The monoisotopic (exact) mass is 346 g/mol. The molecular weight excluding hydrogens is 331 g/mol. The Labute approximate surface area is 144 Å². The van der Waals surface area contributed by atoms with E-state index in [0.29, 0.717) is 0 Å². The second kappa shape index (κ2) is 8.84. The SMILES string of the molecule is O=C(/C=C/c1ccccc1)NCCC(=O)Nc1ccc(Cl)cc1F. The molecule has 0 spiro atoms. The van der Waals surface area contributed by atoms with Crippen LogP contribution in [0.2, 0.25) is 5.02 Å². The van der Waals surface area contributed by atoms with Gasteiger partial charge in [-0.25, -0.2) is 4.39 Å². The maximum absolute atomic E-state index is 13.5. The molecule has 2 rings (SSSR count). The lowest BCUT2D eigenvalue weighted by atomic mass is 10.2. The van der Waals surface area contributed by atoms with Gasteiger partial charge in [-0.2, -0.15) is 0 Å². The van der Waals surface area contributed by atoms with Gasteiger partial charge in [0.05, 0.1) is 5.69 Å². The zero-order valence-electron chi connectivity index (χ0n) is 12.8. The van der Waals surface area contributed by atoms with Gasteiger partial charge in [-0.15, -0.1) is 0 Å². The molecule has 0 aliphatic carbocycles. The van der Waals surface area contributed by atoms with Gasteiger partial charge in [-0.05, 0) is 29.8 Å². The molecular formula is C18H16ClFN2O2. The predicted molar refractivity (Wildman–Crippen MR) is 93.1 cm³/mol. The number of halogens is 2. The van der Waals surface area contributed by atoms with E-state index in [1.807, 2.05) is 30.3 Å². The minimum absolute atomic E-state index is 0.0347. The first-order chi connectivity index (χ1) is 11.5. The summed E-state index contributed by atoms with van der Waals surface area (Å²) in [7, 11) is 0.